The Morgan fingerprint density at radius 1 is 1.11 bits per heavy atom. The zero-order valence-electron chi connectivity index (χ0n) is 12.5. The second kappa shape index (κ2) is 5.89. The van der Waals surface area contributed by atoms with Crippen LogP contribution in [0.15, 0.2) is 24.3 Å². The molecule has 0 radical (unpaired) electrons. The Morgan fingerprint density at radius 3 is 2.21 bits per heavy atom. The van der Waals surface area contributed by atoms with Gasteiger partial charge in [0.2, 0.25) is 0 Å². The lowest BCUT2D eigenvalue weighted by atomic mass is 9.91. The van der Waals surface area contributed by atoms with E-state index >= 15 is 0 Å². The molecule has 1 heterocycles. The van der Waals surface area contributed by atoms with Crippen LogP contribution >= 0.6 is 11.3 Å². The summed E-state index contributed by atoms with van der Waals surface area (Å²) in [5, 5.41) is 3.66. The minimum Gasteiger partial charge on any atom is -0.306 e. The van der Waals surface area contributed by atoms with Crippen LogP contribution in [0.3, 0.4) is 0 Å². The van der Waals surface area contributed by atoms with Gasteiger partial charge in [0.25, 0.3) is 0 Å². The van der Waals surface area contributed by atoms with Crippen LogP contribution < -0.4 is 5.32 Å². The van der Waals surface area contributed by atoms with Crippen LogP contribution in [-0.4, -0.2) is 6.54 Å². The molecule has 2 heteroatoms. The van der Waals surface area contributed by atoms with Crippen molar-refractivity contribution in [3.8, 4) is 0 Å². The van der Waals surface area contributed by atoms with Gasteiger partial charge in [0.05, 0.1) is 6.04 Å². The Bertz CT molecular complexity index is 548. The van der Waals surface area contributed by atoms with Crippen LogP contribution in [0.4, 0.5) is 0 Å². The largest absolute Gasteiger partial charge is 0.306 e. The summed E-state index contributed by atoms with van der Waals surface area (Å²) in [6.07, 6.45) is 0. The molecule has 102 valence electrons. The van der Waals surface area contributed by atoms with Gasteiger partial charge in [-0.2, -0.15) is 0 Å². The molecule has 1 nitrogen and oxygen atoms in total. The molecule has 2 aromatic rings. The molecular formula is C17H23NS. The van der Waals surface area contributed by atoms with Crippen LogP contribution in [0, 0.1) is 27.7 Å². The molecule has 0 aliphatic rings. The van der Waals surface area contributed by atoms with Gasteiger partial charge in [-0.3, -0.25) is 0 Å². The normalized spacial score (nSPS) is 12.7. The van der Waals surface area contributed by atoms with Crippen LogP contribution in [0.2, 0.25) is 0 Å². The van der Waals surface area contributed by atoms with Crippen LogP contribution in [0.1, 0.15) is 45.0 Å². The average Bonchev–Trinajstić information content (AvgIpc) is 2.67. The lowest BCUT2D eigenvalue weighted by molar-refractivity contribution is 0.624. The summed E-state index contributed by atoms with van der Waals surface area (Å²) >= 11 is 1.89. The molecular weight excluding hydrogens is 250 g/mol. The molecule has 1 N–H and O–H groups in total. The Morgan fingerprint density at radius 2 is 1.74 bits per heavy atom. The van der Waals surface area contributed by atoms with Gasteiger partial charge < -0.3 is 5.32 Å². The number of hydrogen-bond donors (Lipinski definition) is 1. The maximum absolute atomic E-state index is 3.66. The van der Waals surface area contributed by atoms with Crippen LogP contribution in [0.25, 0.3) is 0 Å². The molecule has 0 aliphatic carbocycles. The molecule has 2 rings (SSSR count). The van der Waals surface area contributed by atoms with Gasteiger partial charge in [-0.15, -0.1) is 11.3 Å². The first kappa shape index (κ1) is 14.3. The van der Waals surface area contributed by atoms with Crippen LogP contribution in [0.5, 0.6) is 0 Å². The van der Waals surface area contributed by atoms with E-state index in [2.05, 4.69) is 64.2 Å². The van der Waals surface area contributed by atoms with Gasteiger partial charge >= 0.3 is 0 Å². The molecule has 0 spiro atoms. The molecule has 0 bridgehead atoms. The van der Waals surface area contributed by atoms with E-state index in [1.54, 1.807) is 0 Å². The van der Waals surface area contributed by atoms with Crippen molar-refractivity contribution in [3.63, 3.8) is 0 Å². The number of aryl methyl sites for hydroxylation is 4. The minimum absolute atomic E-state index is 0.316. The van der Waals surface area contributed by atoms with Gasteiger partial charge in [-0.1, -0.05) is 25.1 Å². The third-order valence-electron chi connectivity index (χ3n) is 3.63. The van der Waals surface area contributed by atoms with Gasteiger partial charge in [-0.25, -0.2) is 0 Å². The van der Waals surface area contributed by atoms with Crippen molar-refractivity contribution in [1.29, 1.82) is 0 Å². The first-order chi connectivity index (χ1) is 9.04. The van der Waals surface area contributed by atoms with Crippen molar-refractivity contribution in [3.05, 3.63) is 56.3 Å². The van der Waals surface area contributed by atoms with Crippen molar-refractivity contribution in [1.82, 2.24) is 5.32 Å². The van der Waals surface area contributed by atoms with E-state index in [4.69, 9.17) is 0 Å². The zero-order chi connectivity index (χ0) is 14.0. The molecule has 0 amide bonds. The summed E-state index contributed by atoms with van der Waals surface area (Å²) in [4.78, 5) is 2.81. The molecule has 1 unspecified atom stereocenters. The quantitative estimate of drug-likeness (QED) is 0.853. The Labute approximate surface area is 120 Å². The predicted molar refractivity (Wildman–Crippen MR) is 85.2 cm³/mol. The Hall–Kier alpha value is -1.12. The maximum Gasteiger partial charge on any atom is 0.0592 e. The Kier molecular flexibility index (Phi) is 4.43. The van der Waals surface area contributed by atoms with Crippen molar-refractivity contribution >= 4 is 11.3 Å². The molecule has 0 saturated heterocycles. The summed E-state index contributed by atoms with van der Waals surface area (Å²) in [6, 6.07) is 9.21. The summed E-state index contributed by atoms with van der Waals surface area (Å²) in [6.45, 7) is 12.0. The van der Waals surface area contributed by atoms with Gasteiger partial charge in [-0.05, 0) is 62.6 Å². The standard InChI is InChI=1S/C17H23NS/c1-6-18-17(15-10-13(4)19-14(15)5)16-11(2)8-7-9-12(16)3/h7-10,17-18H,6H2,1-5H3. The first-order valence-corrected chi connectivity index (χ1v) is 7.72. The van der Waals surface area contributed by atoms with Gasteiger partial charge in [0, 0.05) is 9.75 Å². The maximum atomic E-state index is 3.66. The van der Waals surface area contributed by atoms with Gasteiger partial charge in [0.1, 0.15) is 0 Å². The molecule has 0 aliphatic heterocycles. The SMILES string of the molecule is CCNC(c1cc(C)sc1C)c1c(C)cccc1C. The summed E-state index contributed by atoms with van der Waals surface area (Å²) < 4.78 is 0. The second-order valence-electron chi connectivity index (χ2n) is 5.16. The fourth-order valence-electron chi connectivity index (χ4n) is 2.79. The average molecular weight is 273 g/mol. The molecule has 1 aromatic heterocycles. The fraction of sp³-hybridized carbons (Fsp3) is 0.412. The van der Waals surface area contributed by atoms with E-state index in [1.165, 1.54) is 32.0 Å². The first-order valence-electron chi connectivity index (χ1n) is 6.91. The molecule has 1 atom stereocenters. The molecule has 0 fully saturated rings. The number of hydrogen-bond acceptors (Lipinski definition) is 2. The highest BCUT2D eigenvalue weighted by Crippen LogP contribution is 2.33. The molecule has 0 saturated carbocycles. The summed E-state index contributed by atoms with van der Waals surface area (Å²) in [5.41, 5.74) is 5.61. The highest BCUT2D eigenvalue weighted by molar-refractivity contribution is 7.12. The van der Waals surface area contributed by atoms with E-state index in [9.17, 15) is 0 Å². The highest BCUT2D eigenvalue weighted by atomic mass is 32.1. The minimum atomic E-state index is 0.316. The third kappa shape index (κ3) is 2.90. The topological polar surface area (TPSA) is 12.0 Å². The van der Waals surface area contributed by atoms with Gasteiger partial charge in [0.15, 0.2) is 0 Å². The van der Waals surface area contributed by atoms with E-state index in [0.29, 0.717) is 6.04 Å². The Balaban J connectivity index is 2.54. The molecule has 1 aromatic carbocycles. The number of benzene rings is 1. The van der Waals surface area contributed by atoms with Crippen molar-refractivity contribution in [2.45, 2.75) is 40.7 Å². The zero-order valence-corrected chi connectivity index (χ0v) is 13.3. The van der Waals surface area contributed by atoms with Crippen molar-refractivity contribution < 1.29 is 0 Å². The fourth-order valence-corrected chi connectivity index (χ4v) is 3.75. The molecule has 19 heavy (non-hydrogen) atoms. The van der Waals surface area contributed by atoms with E-state index in [-0.39, 0.29) is 0 Å². The summed E-state index contributed by atoms with van der Waals surface area (Å²) in [7, 11) is 0. The van der Waals surface area contributed by atoms with E-state index < -0.39 is 0 Å². The predicted octanol–water partition coefficient (Wildman–Crippen LogP) is 4.68. The van der Waals surface area contributed by atoms with Crippen LogP contribution in [-0.2, 0) is 0 Å². The van der Waals surface area contributed by atoms with E-state index in [1.807, 2.05) is 11.3 Å². The van der Waals surface area contributed by atoms with Crippen molar-refractivity contribution in [2.24, 2.45) is 0 Å². The number of thiophene rings is 1. The summed E-state index contributed by atoms with van der Waals surface area (Å²) in [5.74, 6) is 0. The highest BCUT2D eigenvalue weighted by Gasteiger charge is 2.20. The second-order valence-corrected chi connectivity index (χ2v) is 6.63. The van der Waals surface area contributed by atoms with Crippen molar-refractivity contribution in [2.75, 3.05) is 6.54 Å². The lowest BCUT2D eigenvalue weighted by Gasteiger charge is -2.23. The smallest absolute Gasteiger partial charge is 0.0592 e. The monoisotopic (exact) mass is 273 g/mol. The number of nitrogens with one attached hydrogen (secondary N) is 1. The number of rotatable bonds is 4. The lowest BCUT2D eigenvalue weighted by Crippen LogP contribution is -2.23. The third-order valence-corrected chi connectivity index (χ3v) is 4.61. The van der Waals surface area contributed by atoms with E-state index in [0.717, 1.165) is 6.54 Å².